The van der Waals surface area contributed by atoms with Gasteiger partial charge in [-0.15, -0.1) is 0 Å². The maximum Gasteiger partial charge on any atom is 0.0841 e. The van der Waals surface area contributed by atoms with Gasteiger partial charge in [0.25, 0.3) is 0 Å². The molecular weight excluding hydrogens is 347 g/mol. The van der Waals surface area contributed by atoms with Crippen molar-refractivity contribution in [3.05, 3.63) is 67.6 Å². The van der Waals surface area contributed by atoms with Gasteiger partial charge in [-0.2, -0.15) is 0 Å². The van der Waals surface area contributed by atoms with E-state index in [0.717, 1.165) is 21.2 Å². The molecule has 0 aliphatic heterocycles. The highest BCUT2D eigenvalue weighted by atomic mass is 79.9. The molecule has 2 rings (SSSR count). The molecule has 0 spiro atoms. The normalized spacial score (nSPS) is 12.5. The first kappa shape index (κ1) is 14.9. The van der Waals surface area contributed by atoms with Crippen LogP contribution in [0, 0.1) is 6.92 Å². The van der Waals surface area contributed by atoms with Crippen LogP contribution in [0.4, 0.5) is 0 Å². The molecule has 1 nitrogen and oxygen atoms in total. The van der Waals surface area contributed by atoms with Crippen molar-refractivity contribution in [3.63, 3.8) is 0 Å². The monoisotopic (exact) mass is 358 g/mol. The number of aryl methyl sites for hydroxylation is 1. The van der Waals surface area contributed by atoms with E-state index >= 15 is 0 Å². The Hall–Kier alpha value is -0.540. The number of rotatable bonds is 3. The van der Waals surface area contributed by atoms with E-state index in [0.29, 0.717) is 16.5 Å². The van der Waals surface area contributed by atoms with Crippen LogP contribution in [0.25, 0.3) is 0 Å². The number of benzene rings is 2. The Bertz CT molecular complexity index is 599. The Morgan fingerprint density at radius 1 is 1.16 bits per heavy atom. The molecule has 1 unspecified atom stereocenters. The summed E-state index contributed by atoms with van der Waals surface area (Å²) >= 11 is 15.5. The third-order valence-electron chi connectivity index (χ3n) is 2.94. The topological polar surface area (TPSA) is 20.2 Å². The molecule has 0 amide bonds. The van der Waals surface area contributed by atoms with Gasteiger partial charge in [-0.3, -0.25) is 0 Å². The molecule has 2 aromatic rings. The van der Waals surface area contributed by atoms with Gasteiger partial charge in [0.05, 0.1) is 6.10 Å². The Morgan fingerprint density at radius 2 is 1.89 bits per heavy atom. The van der Waals surface area contributed by atoms with Gasteiger partial charge in [0, 0.05) is 20.9 Å². The molecule has 0 radical (unpaired) electrons. The van der Waals surface area contributed by atoms with E-state index < -0.39 is 6.10 Å². The molecule has 0 saturated carbocycles. The Morgan fingerprint density at radius 3 is 2.53 bits per heavy atom. The summed E-state index contributed by atoms with van der Waals surface area (Å²) in [6.45, 7) is 1.99. The first-order valence-electron chi connectivity index (χ1n) is 5.85. The molecule has 4 heteroatoms. The molecule has 0 aliphatic rings. The average molecular weight is 360 g/mol. The van der Waals surface area contributed by atoms with E-state index in [9.17, 15) is 5.11 Å². The zero-order valence-corrected chi connectivity index (χ0v) is 13.4. The van der Waals surface area contributed by atoms with Crippen molar-refractivity contribution in [2.45, 2.75) is 19.4 Å². The lowest BCUT2D eigenvalue weighted by Gasteiger charge is -2.14. The van der Waals surface area contributed by atoms with Crippen LogP contribution in [-0.2, 0) is 6.42 Å². The summed E-state index contributed by atoms with van der Waals surface area (Å²) in [7, 11) is 0. The highest BCUT2D eigenvalue weighted by molar-refractivity contribution is 9.10. The molecule has 19 heavy (non-hydrogen) atoms. The van der Waals surface area contributed by atoms with Gasteiger partial charge < -0.3 is 5.11 Å². The number of aliphatic hydroxyl groups excluding tert-OH is 1. The lowest BCUT2D eigenvalue weighted by Crippen LogP contribution is -2.03. The minimum atomic E-state index is -0.619. The van der Waals surface area contributed by atoms with E-state index in [4.69, 9.17) is 23.2 Å². The minimum Gasteiger partial charge on any atom is -0.388 e. The van der Waals surface area contributed by atoms with E-state index in [2.05, 4.69) is 15.9 Å². The quantitative estimate of drug-likeness (QED) is 0.784. The standard InChI is InChI=1S/C15H13BrCl2O/c1-9-2-3-10(14(18)6-9)7-15(19)12-5-4-11(17)8-13(12)16/h2-6,8,15,19H,7H2,1H3. The number of halogens is 3. The summed E-state index contributed by atoms with van der Waals surface area (Å²) < 4.78 is 0.802. The predicted octanol–water partition coefficient (Wildman–Crippen LogP) is 5.34. The molecular formula is C15H13BrCl2O. The van der Waals surface area contributed by atoms with Crippen molar-refractivity contribution in [3.8, 4) is 0 Å². The van der Waals surface area contributed by atoms with Gasteiger partial charge in [-0.1, -0.05) is 57.3 Å². The molecule has 0 heterocycles. The van der Waals surface area contributed by atoms with Crippen molar-refractivity contribution in [1.29, 1.82) is 0 Å². The molecule has 100 valence electrons. The molecule has 0 aromatic heterocycles. The van der Waals surface area contributed by atoms with E-state index in [1.54, 1.807) is 12.1 Å². The second-order valence-electron chi connectivity index (χ2n) is 4.48. The fraction of sp³-hybridized carbons (Fsp3) is 0.200. The number of aliphatic hydroxyl groups is 1. The molecule has 0 fully saturated rings. The van der Waals surface area contributed by atoms with Crippen LogP contribution >= 0.6 is 39.1 Å². The third kappa shape index (κ3) is 3.73. The smallest absolute Gasteiger partial charge is 0.0841 e. The number of hydrogen-bond acceptors (Lipinski definition) is 1. The Balaban J connectivity index is 2.23. The summed E-state index contributed by atoms with van der Waals surface area (Å²) in [6.07, 6.45) is -0.147. The average Bonchev–Trinajstić information content (AvgIpc) is 2.32. The van der Waals surface area contributed by atoms with E-state index in [1.165, 1.54) is 0 Å². The maximum atomic E-state index is 10.3. The summed E-state index contributed by atoms with van der Waals surface area (Å²) in [6, 6.07) is 11.2. The first-order valence-corrected chi connectivity index (χ1v) is 7.40. The van der Waals surface area contributed by atoms with Gasteiger partial charge in [0.15, 0.2) is 0 Å². The van der Waals surface area contributed by atoms with Gasteiger partial charge in [0.2, 0.25) is 0 Å². The van der Waals surface area contributed by atoms with Crippen molar-refractivity contribution < 1.29 is 5.11 Å². The van der Waals surface area contributed by atoms with Gasteiger partial charge in [-0.25, -0.2) is 0 Å². The van der Waals surface area contributed by atoms with Crippen molar-refractivity contribution in [2.24, 2.45) is 0 Å². The lowest BCUT2D eigenvalue weighted by atomic mass is 10.0. The Kier molecular flexibility index (Phi) is 4.91. The fourth-order valence-corrected chi connectivity index (χ4v) is 3.17. The second-order valence-corrected chi connectivity index (χ2v) is 6.18. The van der Waals surface area contributed by atoms with Crippen molar-refractivity contribution in [1.82, 2.24) is 0 Å². The fourth-order valence-electron chi connectivity index (χ4n) is 1.91. The van der Waals surface area contributed by atoms with Gasteiger partial charge in [0.1, 0.15) is 0 Å². The van der Waals surface area contributed by atoms with Crippen LogP contribution in [0.2, 0.25) is 10.0 Å². The van der Waals surface area contributed by atoms with E-state index in [1.807, 2.05) is 31.2 Å². The van der Waals surface area contributed by atoms with Crippen LogP contribution in [0.3, 0.4) is 0 Å². The maximum absolute atomic E-state index is 10.3. The zero-order valence-electron chi connectivity index (χ0n) is 10.3. The zero-order chi connectivity index (χ0) is 14.0. The van der Waals surface area contributed by atoms with Crippen molar-refractivity contribution in [2.75, 3.05) is 0 Å². The van der Waals surface area contributed by atoms with Crippen LogP contribution in [0.15, 0.2) is 40.9 Å². The van der Waals surface area contributed by atoms with E-state index in [-0.39, 0.29) is 0 Å². The molecule has 0 aliphatic carbocycles. The van der Waals surface area contributed by atoms with Crippen LogP contribution < -0.4 is 0 Å². The van der Waals surface area contributed by atoms with Crippen LogP contribution in [-0.4, -0.2) is 5.11 Å². The number of hydrogen-bond donors (Lipinski definition) is 1. The van der Waals surface area contributed by atoms with Gasteiger partial charge in [-0.05, 0) is 41.8 Å². The molecule has 2 aromatic carbocycles. The molecule has 1 atom stereocenters. The molecule has 0 saturated heterocycles. The van der Waals surface area contributed by atoms with Crippen LogP contribution in [0.5, 0.6) is 0 Å². The minimum absolute atomic E-state index is 0.472. The third-order valence-corrected chi connectivity index (χ3v) is 4.22. The predicted molar refractivity (Wildman–Crippen MR) is 84.0 cm³/mol. The summed E-state index contributed by atoms with van der Waals surface area (Å²) in [4.78, 5) is 0. The largest absolute Gasteiger partial charge is 0.388 e. The summed E-state index contributed by atoms with van der Waals surface area (Å²) in [5.41, 5.74) is 2.85. The summed E-state index contributed by atoms with van der Waals surface area (Å²) in [5, 5.41) is 11.6. The van der Waals surface area contributed by atoms with Gasteiger partial charge >= 0.3 is 0 Å². The highest BCUT2D eigenvalue weighted by Crippen LogP contribution is 2.30. The Labute approximate surface area is 131 Å². The SMILES string of the molecule is Cc1ccc(CC(O)c2ccc(Cl)cc2Br)c(Cl)c1. The highest BCUT2D eigenvalue weighted by Gasteiger charge is 2.14. The van der Waals surface area contributed by atoms with Crippen LogP contribution in [0.1, 0.15) is 22.8 Å². The lowest BCUT2D eigenvalue weighted by molar-refractivity contribution is 0.177. The molecule has 1 N–H and O–H groups in total. The second kappa shape index (κ2) is 6.27. The first-order chi connectivity index (χ1) is 8.97. The van der Waals surface area contributed by atoms with Crippen molar-refractivity contribution >= 4 is 39.1 Å². The molecule has 0 bridgehead atoms. The summed E-state index contributed by atoms with van der Waals surface area (Å²) in [5.74, 6) is 0.